The molecule has 0 heterocycles. The van der Waals surface area contributed by atoms with Crippen LogP contribution >= 0.6 is 27.5 Å². The smallest absolute Gasteiger partial charge is 0.324 e. The number of hydrogen-bond donors (Lipinski definition) is 1. The molecule has 2 nitrogen and oxygen atoms in total. The van der Waals surface area contributed by atoms with Crippen molar-refractivity contribution in [3.8, 4) is 0 Å². The third-order valence-corrected chi connectivity index (χ3v) is 3.03. The van der Waals surface area contributed by atoms with Gasteiger partial charge in [0.1, 0.15) is 0 Å². The van der Waals surface area contributed by atoms with Crippen molar-refractivity contribution in [2.75, 3.05) is 5.32 Å². The first-order valence-corrected chi connectivity index (χ1v) is 5.99. The van der Waals surface area contributed by atoms with Crippen molar-refractivity contribution in [3.05, 3.63) is 27.7 Å². The molecular formula is C10H5BrClF6NO. The average molecular weight is 385 g/mol. The Hall–Kier alpha value is -0.960. The molecule has 0 saturated carbocycles. The molecule has 0 aromatic heterocycles. The van der Waals surface area contributed by atoms with Crippen LogP contribution in [0.3, 0.4) is 0 Å². The number of nitrogens with one attached hydrogen (secondary N) is 1. The number of carbonyl (C=O) groups is 1. The van der Waals surface area contributed by atoms with Crippen molar-refractivity contribution in [1.82, 2.24) is 0 Å². The van der Waals surface area contributed by atoms with E-state index in [0.717, 1.165) is 6.07 Å². The van der Waals surface area contributed by atoms with E-state index in [-0.39, 0.29) is 15.2 Å². The SMILES string of the molecule is O=C(Nc1cc(Cl)ccc1Br)C(C(F)(F)F)C(F)(F)F. The highest BCUT2D eigenvalue weighted by atomic mass is 79.9. The van der Waals surface area contributed by atoms with E-state index >= 15 is 0 Å². The third kappa shape index (κ3) is 4.27. The molecule has 1 rings (SSSR count). The molecule has 0 bridgehead atoms. The van der Waals surface area contributed by atoms with E-state index in [1.165, 1.54) is 12.1 Å². The Morgan fingerprint density at radius 2 is 1.65 bits per heavy atom. The van der Waals surface area contributed by atoms with Crippen molar-refractivity contribution in [1.29, 1.82) is 0 Å². The van der Waals surface area contributed by atoms with Gasteiger partial charge in [-0.25, -0.2) is 0 Å². The van der Waals surface area contributed by atoms with E-state index in [2.05, 4.69) is 15.9 Å². The molecule has 0 fully saturated rings. The van der Waals surface area contributed by atoms with Gasteiger partial charge in [-0.1, -0.05) is 11.6 Å². The summed E-state index contributed by atoms with van der Waals surface area (Å²) in [6.07, 6.45) is -11.5. The van der Waals surface area contributed by atoms with Gasteiger partial charge in [0.15, 0.2) is 0 Å². The van der Waals surface area contributed by atoms with E-state index in [1.807, 2.05) is 0 Å². The Labute approximate surface area is 122 Å². The Kier molecular flexibility index (Phi) is 4.96. The zero-order valence-corrected chi connectivity index (χ0v) is 11.6. The molecule has 112 valence electrons. The van der Waals surface area contributed by atoms with Crippen molar-refractivity contribution >= 4 is 39.1 Å². The molecule has 0 saturated heterocycles. The molecular weight excluding hydrogens is 379 g/mol. The van der Waals surface area contributed by atoms with Crippen LogP contribution in [0.25, 0.3) is 0 Å². The van der Waals surface area contributed by atoms with Gasteiger partial charge in [0, 0.05) is 9.50 Å². The second-order valence-corrected chi connectivity index (χ2v) is 4.92. The molecule has 20 heavy (non-hydrogen) atoms. The normalized spacial score (nSPS) is 12.7. The first-order valence-electron chi connectivity index (χ1n) is 4.82. The second kappa shape index (κ2) is 5.80. The average Bonchev–Trinajstić information content (AvgIpc) is 2.18. The van der Waals surface area contributed by atoms with Crippen LogP contribution in [0.5, 0.6) is 0 Å². The summed E-state index contributed by atoms with van der Waals surface area (Å²) in [6, 6.07) is 3.63. The maximum atomic E-state index is 12.3. The van der Waals surface area contributed by atoms with E-state index in [0.29, 0.717) is 0 Å². The highest BCUT2D eigenvalue weighted by Gasteiger charge is 2.61. The highest BCUT2D eigenvalue weighted by Crippen LogP contribution is 2.40. The Balaban J connectivity index is 3.07. The number of amides is 1. The minimum absolute atomic E-state index is 0.0408. The standard InChI is InChI=1S/C10H5BrClF6NO/c11-5-2-1-4(12)3-6(5)19-8(20)7(9(13,14)15)10(16,17)18/h1-3,7H,(H,19,20). The highest BCUT2D eigenvalue weighted by molar-refractivity contribution is 9.10. The number of carbonyl (C=O) groups excluding carboxylic acids is 1. The van der Waals surface area contributed by atoms with E-state index in [1.54, 1.807) is 5.32 Å². The summed E-state index contributed by atoms with van der Waals surface area (Å²) in [5, 5.41) is 1.59. The van der Waals surface area contributed by atoms with Crippen molar-refractivity contribution in [2.45, 2.75) is 12.4 Å². The minimum atomic E-state index is -5.74. The van der Waals surface area contributed by atoms with Gasteiger partial charge in [-0.2, -0.15) is 26.3 Å². The number of halogens is 8. The predicted octanol–water partition coefficient (Wildman–Crippen LogP) is 4.78. The summed E-state index contributed by atoms with van der Waals surface area (Å²) >= 11 is 8.42. The predicted molar refractivity (Wildman–Crippen MR) is 63.4 cm³/mol. The molecule has 0 unspecified atom stereocenters. The van der Waals surface area contributed by atoms with Gasteiger partial charge in [-0.05, 0) is 34.1 Å². The molecule has 0 aliphatic heterocycles. The zero-order chi connectivity index (χ0) is 15.7. The first kappa shape index (κ1) is 17.1. The number of hydrogen-bond acceptors (Lipinski definition) is 1. The molecule has 0 aliphatic rings. The van der Waals surface area contributed by atoms with Crippen LogP contribution in [0.4, 0.5) is 32.0 Å². The van der Waals surface area contributed by atoms with Gasteiger partial charge in [-0.3, -0.25) is 4.79 Å². The lowest BCUT2D eigenvalue weighted by Crippen LogP contribution is -2.45. The Bertz CT molecular complexity index is 501. The fourth-order valence-corrected chi connectivity index (χ4v) is 1.80. The first-order chi connectivity index (χ1) is 8.93. The fraction of sp³-hybridized carbons (Fsp3) is 0.300. The molecule has 1 aromatic rings. The summed E-state index contributed by atoms with van der Waals surface area (Å²) in [6.45, 7) is 0. The summed E-state index contributed by atoms with van der Waals surface area (Å²) < 4.78 is 74.1. The Morgan fingerprint density at radius 1 is 1.15 bits per heavy atom. The number of alkyl halides is 6. The maximum absolute atomic E-state index is 12.3. The van der Waals surface area contributed by atoms with Gasteiger partial charge in [0.25, 0.3) is 0 Å². The molecule has 0 atom stereocenters. The van der Waals surface area contributed by atoms with Crippen molar-refractivity contribution in [2.24, 2.45) is 5.92 Å². The van der Waals surface area contributed by atoms with Gasteiger partial charge in [0.05, 0.1) is 5.69 Å². The van der Waals surface area contributed by atoms with Crippen LogP contribution in [-0.4, -0.2) is 18.3 Å². The van der Waals surface area contributed by atoms with Gasteiger partial charge in [0.2, 0.25) is 11.8 Å². The quantitative estimate of drug-likeness (QED) is 0.731. The molecule has 1 aromatic carbocycles. The van der Waals surface area contributed by atoms with E-state index in [4.69, 9.17) is 11.6 Å². The number of benzene rings is 1. The van der Waals surface area contributed by atoms with Crippen molar-refractivity contribution < 1.29 is 31.1 Å². The van der Waals surface area contributed by atoms with Crippen LogP contribution in [-0.2, 0) is 4.79 Å². The minimum Gasteiger partial charge on any atom is -0.324 e. The number of anilines is 1. The molecule has 0 aliphatic carbocycles. The van der Waals surface area contributed by atoms with Crippen LogP contribution in [0.1, 0.15) is 0 Å². The molecule has 10 heteroatoms. The molecule has 1 N–H and O–H groups in total. The molecule has 1 amide bonds. The van der Waals surface area contributed by atoms with Crippen LogP contribution in [0.15, 0.2) is 22.7 Å². The molecule has 0 radical (unpaired) electrons. The zero-order valence-electron chi connectivity index (χ0n) is 9.24. The van der Waals surface area contributed by atoms with E-state index < -0.39 is 24.2 Å². The Morgan fingerprint density at radius 3 is 2.10 bits per heavy atom. The van der Waals surface area contributed by atoms with Crippen LogP contribution in [0, 0.1) is 5.92 Å². The maximum Gasteiger partial charge on any atom is 0.409 e. The lowest BCUT2D eigenvalue weighted by atomic mass is 10.1. The lowest BCUT2D eigenvalue weighted by Gasteiger charge is -2.22. The van der Waals surface area contributed by atoms with E-state index in [9.17, 15) is 31.1 Å². The second-order valence-electron chi connectivity index (χ2n) is 3.63. The summed E-state index contributed by atoms with van der Waals surface area (Å²) in [7, 11) is 0. The summed E-state index contributed by atoms with van der Waals surface area (Å²) in [4.78, 5) is 11.3. The fourth-order valence-electron chi connectivity index (χ4n) is 1.28. The van der Waals surface area contributed by atoms with Crippen LogP contribution < -0.4 is 5.32 Å². The lowest BCUT2D eigenvalue weighted by molar-refractivity contribution is -0.272. The summed E-state index contributed by atoms with van der Waals surface area (Å²) in [5.41, 5.74) is -0.291. The third-order valence-electron chi connectivity index (χ3n) is 2.10. The largest absolute Gasteiger partial charge is 0.409 e. The monoisotopic (exact) mass is 383 g/mol. The van der Waals surface area contributed by atoms with Gasteiger partial charge >= 0.3 is 12.4 Å². The van der Waals surface area contributed by atoms with Crippen molar-refractivity contribution in [3.63, 3.8) is 0 Å². The topological polar surface area (TPSA) is 29.1 Å². The number of rotatable bonds is 2. The van der Waals surface area contributed by atoms with Gasteiger partial charge in [-0.15, -0.1) is 0 Å². The summed E-state index contributed by atoms with van der Waals surface area (Å²) in [5.74, 6) is -6.34. The van der Waals surface area contributed by atoms with Crippen LogP contribution in [0.2, 0.25) is 5.02 Å². The van der Waals surface area contributed by atoms with Gasteiger partial charge < -0.3 is 5.32 Å². The molecule has 0 spiro atoms.